The maximum absolute atomic E-state index is 12.5. The highest BCUT2D eigenvalue weighted by Crippen LogP contribution is 2.22. The first-order chi connectivity index (χ1) is 8.89. The van der Waals surface area contributed by atoms with E-state index in [0.29, 0.717) is 19.7 Å². The van der Waals surface area contributed by atoms with Crippen LogP contribution in [0.5, 0.6) is 0 Å². The third kappa shape index (κ3) is 4.42. The van der Waals surface area contributed by atoms with Crippen molar-refractivity contribution in [2.45, 2.75) is 18.7 Å². The average molecular weight is 307 g/mol. The summed E-state index contributed by atoms with van der Waals surface area (Å²) in [6.07, 6.45) is 1.46. The van der Waals surface area contributed by atoms with Gasteiger partial charge in [0.2, 0.25) is 10.0 Å². The lowest BCUT2D eigenvalue weighted by Gasteiger charge is -2.23. The first kappa shape index (κ1) is 16.4. The van der Waals surface area contributed by atoms with Crippen LogP contribution in [0.2, 0.25) is 5.15 Å². The van der Waals surface area contributed by atoms with Gasteiger partial charge in [0.25, 0.3) is 0 Å². The minimum absolute atomic E-state index is 0.00586. The number of ether oxygens (including phenoxy) is 1. The summed E-state index contributed by atoms with van der Waals surface area (Å²) < 4.78 is 31.4. The Labute approximate surface area is 119 Å². The van der Waals surface area contributed by atoms with E-state index in [1.54, 1.807) is 6.07 Å². The fourth-order valence-electron chi connectivity index (χ4n) is 1.61. The molecule has 19 heavy (non-hydrogen) atoms. The summed E-state index contributed by atoms with van der Waals surface area (Å²) >= 11 is 5.88. The number of nitrogens with zero attached hydrogens (tertiary/aromatic N) is 2. The molecule has 0 unspecified atom stereocenters. The molecule has 0 aliphatic rings. The lowest BCUT2D eigenvalue weighted by atomic mass is 10.2. The van der Waals surface area contributed by atoms with Gasteiger partial charge in [0.05, 0.1) is 6.61 Å². The van der Waals surface area contributed by atoms with Gasteiger partial charge in [-0.05, 0) is 18.1 Å². The molecule has 0 atom stereocenters. The number of halogens is 1. The molecule has 1 aromatic heterocycles. The van der Waals surface area contributed by atoms with Gasteiger partial charge in [-0.15, -0.1) is 0 Å². The zero-order valence-corrected chi connectivity index (χ0v) is 12.9. The second-order valence-electron chi connectivity index (χ2n) is 4.54. The van der Waals surface area contributed by atoms with Gasteiger partial charge in [0.1, 0.15) is 10.0 Å². The van der Waals surface area contributed by atoms with E-state index in [4.69, 9.17) is 16.3 Å². The smallest absolute Gasteiger partial charge is 0.246 e. The molecule has 1 aromatic rings. The van der Waals surface area contributed by atoms with E-state index in [2.05, 4.69) is 4.98 Å². The van der Waals surface area contributed by atoms with Crippen LogP contribution in [0.4, 0.5) is 0 Å². The molecule has 0 fully saturated rings. The highest BCUT2D eigenvalue weighted by atomic mass is 35.5. The van der Waals surface area contributed by atoms with Crippen molar-refractivity contribution in [3.63, 3.8) is 0 Å². The van der Waals surface area contributed by atoms with Crippen molar-refractivity contribution in [3.8, 4) is 0 Å². The van der Waals surface area contributed by atoms with Crippen molar-refractivity contribution in [1.82, 2.24) is 9.29 Å². The fourth-order valence-corrected chi connectivity index (χ4v) is 3.63. The van der Waals surface area contributed by atoms with Crippen LogP contribution < -0.4 is 0 Å². The lowest BCUT2D eigenvalue weighted by molar-refractivity contribution is 0.175. The van der Waals surface area contributed by atoms with Crippen LogP contribution in [0.1, 0.15) is 13.8 Å². The largest absolute Gasteiger partial charge is 0.383 e. The number of rotatable bonds is 7. The molecule has 108 valence electrons. The molecule has 1 heterocycles. The molecular weight excluding hydrogens is 288 g/mol. The number of hydrogen-bond donors (Lipinski definition) is 0. The van der Waals surface area contributed by atoms with Gasteiger partial charge in [0, 0.05) is 26.4 Å². The Hall–Kier alpha value is -0.690. The predicted octanol–water partition coefficient (Wildman–Crippen LogP) is 2.03. The van der Waals surface area contributed by atoms with Crippen LogP contribution in [0.25, 0.3) is 0 Å². The van der Waals surface area contributed by atoms with Gasteiger partial charge in [-0.2, -0.15) is 4.31 Å². The van der Waals surface area contributed by atoms with Crippen LogP contribution >= 0.6 is 11.6 Å². The molecule has 0 bridgehead atoms. The first-order valence-electron chi connectivity index (χ1n) is 5.99. The lowest BCUT2D eigenvalue weighted by Crippen LogP contribution is -2.36. The third-order valence-corrected chi connectivity index (χ3v) is 4.77. The molecule has 0 radical (unpaired) electrons. The number of methoxy groups -OCH3 is 1. The number of aromatic nitrogens is 1. The molecule has 0 amide bonds. The Morgan fingerprint density at radius 1 is 1.47 bits per heavy atom. The summed E-state index contributed by atoms with van der Waals surface area (Å²) in [4.78, 5) is 3.85. The third-order valence-electron chi connectivity index (χ3n) is 2.46. The topological polar surface area (TPSA) is 59.5 Å². The van der Waals surface area contributed by atoms with E-state index in [0.717, 1.165) is 0 Å². The van der Waals surface area contributed by atoms with E-state index in [1.807, 2.05) is 13.8 Å². The summed E-state index contributed by atoms with van der Waals surface area (Å²) in [5, 5.41) is -0.00586. The van der Waals surface area contributed by atoms with Crippen molar-refractivity contribution in [2.24, 2.45) is 5.92 Å². The molecule has 1 rings (SSSR count). The van der Waals surface area contributed by atoms with Crippen molar-refractivity contribution >= 4 is 21.6 Å². The monoisotopic (exact) mass is 306 g/mol. The Morgan fingerprint density at radius 3 is 2.68 bits per heavy atom. The molecule has 0 aliphatic heterocycles. The SMILES string of the molecule is COCCN(CC(C)C)S(=O)(=O)c1cccnc1Cl. The molecule has 0 spiro atoms. The van der Waals surface area contributed by atoms with Crippen LogP contribution in [-0.4, -0.2) is 44.5 Å². The minimum atomic E-state index is -3.64. The van der Waals surface area contributed by atoms with Crippen molar-refractivity contribution in [3.05, 3.63) is 23.5 Å². The average Bonchev–Trinajstić information content (AvgIpc) is 2.34. The first-order valence-corrected chi connectivity index (χ1v) is 7.81. The summed E-state index contributed by atoms with van der Waals surface area (Å²) in [6.45, 7) is 4.96. The molecule has 0 saturated heterocycles. The van der Waals surface area contributed by atoms with E-state index >= 15 is 0 Å². The Bertz CT molecular complexity index is 505. The van der Waals surface area contributed by atoms with E-state index in [-0.39, 0.29) is 16.0 Å². The van der Waals surface area contributed by atoms with Gasteiger partial charge in [-0.3, -0.25) is 0 Å². The summed E-state index contributed by atoms with van der Waals surface area (Å²) in [6, 6.07) is 3.02. The fraction of sp³-hybridized carbons (Fsp3) is 0.583. The number of pyridine rings is 1. The molecule has 0 saturated carbocycles. The standard InChI is InChI=1S/C12H19ClN2O3S/c1-10(2)9-15(7-8-18-3)19(16,17)11-5-4-6-14-12(11)13/h4-6,10H,7-9H2,1-3H3. The van der Waals surface area contributed by atoms with Crippen LogP contribution in [0, 0.1) is 5.92 Å². The second-order valence-corrected chi connectivity index (χ2v) is 6.81. The van der Waals surface area contributed by atoms with Gasteiger partial charge in [-0.25, -0.2) is 13.4 Å². The molecule has 0 N–H and O–H groups in total. The van der Waals surface area contributed by atoms with Gasteiger partial charge in [-0.1, -0.05) is 25.4 Å². The van der Waals surface area contributed by atoms with E-state index in [1.165, 1.54) is 23.7 Å². The molecule has 0 aromatic carbocycles. The maximum atomic E-state index is 12.5. The highest BCUT2D eigenvalue weighted by molar-refractivity contribution is 7.89. The van der Waals surface area contributed by atoms with E-state index in [9.17, 15) is 8.42 Å². The van der Waals surface area contributed by atoms with Gasteiger partial charge < -0.3 is 4.74 Å². The molecule has 5 nitrogen and oxygen atoms in total. The maximum Gasteiger partial charge on any atom is 0.246 e. The number of hydrogen-bond acceptors (Lipinski definition) is 4. The van der Waals surface area contributed by atoms with Crippen LogP contribution in [0.15, 0.2) is 23.2 Å². The Kier molecular flexibility index (Phi) is 6.19. The van der Waals surface area contributed by atoms with Crippen molar-refractivity contribution in [1.29, 1.82) is 0 Å². The van der Waals surface area contributed by atoms with Crippen LogP contribution in [0.3, 0.4) is 0 Å². The quantitative estimate of drug-likeness (QED) is 0.723. The Morgan fingerprint density at radius 2 is 2.16 bits per heavy atom. The minimum Gasteiger partial charge on any atom is -0.383 e. The summed E-state index contributed by atoms with van der Waals surface area (Å²) in [7, 11) is -2.10. The predicted molar refractivity (Wildman–Crippen MR) is 74.7 cm³/mol. The highest BCUT2D eigenvalue weighted by Gasteiger charge is 2.27. The van der Waals surface area contributed by atoms with Gasteiger partial charge in [0.15, 0.2) is 0 Å². The van der Waals surface area contributed by atoms with Crippen LogP contribution in [-0.2, 0) is 14.8 Å². The molecule has 7 heteroatoms. The zero-order valence-electron chi connectivity index (χ0n) is 11.3. The zero-order chi connectivity index (χ0) is 14.5. The number of sulfonamides is 1. The summed E-state index contributed by atoms with van der Waals surface area (Å²) in [5.74, 6) is 0.210. The normalized spacial score (nSPS) is 12.3. The molecular formula is C12H19ClN2O3S. The van der Waals surface area contributed by atoms with Crippen molar-refractivity contribution < 1.29 is 13.2 Å². The molecule has 0 aliphatic carbocycles. The summed E-state index contributed by atoms with van der Waals surface area (Å²) in [5.41, 5.74) is 0. The van der Waals surface area contributed by atoms with E-state index < -0.39 is 10.0 Å². The second kappa shape index (κ2) is 7.19. The Balaban J connectivity index is 3.08. The van der Waals surface area contributed by atoms with Gasteiger partial charge >= 0.3 is 0 Å². The van der Waals surface area contributed by atoms with Crippen molar-refractivity contribution in [2.75, 3.05) is 26.8 Å².